The third-order valence-electron chi connectivity index (χ3n) is 3.52. The van der Waals surface area contributed by atoms with Gasteiger partial charge in [0.2, 0.25) is 0 Å². The minimum atomic E-state index is -0.817. The third-order valence-corrected chi connectivity index (χ3v) is 3.52. The molecule has 1 N–H and O–H groups in total. The molecule has 1 rings (SSSR count). The lowest BCUT2D eigenvalue weighted by Gasteiger charge is -2.20. The van der Waals surface area contributed by atoms with Gasteiger partial charge in [0.05, 0.1) is 21.3 Å². The van der Waals surface area contributed by atoms with Crippen molar-refractivity contribution >= 4 is 28.6 Å². The lowest BCUT2D eigenvalue weighted by molar-refractivity contribution is -0.393. The van der Waals surface area contributed by atoms with Crippen LogP contribution in [0.4, 0.5) is 17.1 Å². The number of nitrogens with one attached hydrogen (secondary N) is 1. The van der Waals surface area contributed by atoms with Crippen LogP contribution >= 0.6 is 0 Å². The maximum Gasteiger partial charge on any atom is 0.301 e. The predicted molar refractivity (Wildman–Crippen MR) is 80.9 cm³/mol. The molecule has 9 nitrogen and oxygen atoms in total. The van der Waals surface area contributed by atoms with Crippen molar-refractivity contribution in [1.29, 1.82) is 0 Å². The minimum absolute atomic E-state index is 0.00861. The van der Waals surface area contributed by atoms with E-state index in [1.54, 1.807) is 20.8 Å². The summed E-state index contributed by atoms with van der Waals surface area (Å²) in [6.07, 6.45) is 0. The lowest BCUT2D eigenvalue weighted by Crippen LogP contribution is -2.30. The first kappa shape index (κ1) is 17.2. The first-order chi connectivity index (χ1) is 10.1. The monoisotopic (exact) mass is 308 g/mol. The molecular weight excluding hydrogens is 292 g/mol. The van der Waals surface area contributed by atoms with Crippen LogP contribution in [0.15, 0.2) is 23.3 Å². The highest BCUT2D eigenvalue weighted by molar-refractivity contribution is 6.07. The molecule has 0 atom stereocenters. The number of carbonyl (C=O) groups excluding carboxylic acids is 1. The van der Waals surface area contributed by atoms with E-state index in [1.165, 1.54) is 13.0 Å². The molecule has 0 saturated carbocycles. The molecule has 0 radical (unpaired) electrons. The number of hydrogen-bond acceptors (Lipinski definition) is 7. The molecule has 0 saturated heterocycles. The maximum atomic E-state index is 11.5. The summed E-state index contributed by atoms with van der Waals surface area (Å²) in [5.74, 6) is -0.103. The molecule has 0 spiro atoms. The van der Waals surface area contributed by atoms with E-state index in [9.17, 15) is 25.0 Å². The zero-order valence-corrected chi connectivity index (χ0v) is 12.6. The quantitative estimate of drug-likeness (QED) is 0.489. The fourth-order valence-electron chi connectivity index (χ4n) is 1.42. The highest BCUT2D eigenvalue weighted by Gasteiger charge is 2.27. The van der Waals surface area contributed by atoms with Crippen LogP contribution in [0.2, 0.25) is 0 Å². The van der Waals surface area contributed by atoms with Crippen LogP contribution in [0.3, 0.4) is 0 Å². The first-order valence-corrected chi connectivity index (χ1v) is 6.32. The second-order valence-electron chi connectivity index (χ2n) is 5.21. The second-order valence-corrected chi connectivity index (χ2v) is 5.21. The molecule has 0 fully saturated rings. The number of benzene rings is 1. The van der Waals surface area contributed by atoms with Crippen molar-refractivity contribution in [3.8, 4) is 0 Å². The molecule has 0 heterocycles. The fourth-order valence-corrected chi connectivity index (χ4v) is 1.42. The number of hydrazone groups is 1. The van der Waals surface area contributed by atoms with Gasteiger partial charge in [0.25, 0.3) is 5.69 Å². The van der Waals surface area contributed by atoms with E-state index in [0.29, 0.717) is 5.71 Å². The van der Waals surface area contributed by atoms with Gasteiger partial charge in [-0.25, -0.2) is 0 Å². The molecule has 9 heteroatoms. The van der Waals surface area contributed by atoms with Gasteiger partial charge < -0.3 is 0 Å². The minimum Gasteiger partial charge on any atom is -0.299 e. The largest absolute Gasteiger partial charge is 0.301 e. The maximum absolute atomic E-state index is 11.5. The molecule has 0 amide bonds. The Bertz CT molecular complexity index is 666. The fraction of sp³-hybridized carbons (Fsp3) is 0.385. The second kappa shape index (κ2) is 6.29. The Morgan fingerprint density at radius 1 is 1.18 bits per heavy atom. The highest BCUT2D eigenvalue weighted by atomic mass is 16.6. The first-order valence-electron chi connectivity index (χ1n) is 6.32. The van der Waals surface area contributed by atoms with Crippen LogP contribution in [0.5, 0.6) is 0 Å². The molecule has 0 aromatic heterocycles. The van der Waals surface area contributed by atoms with Crippen LogP contribution in [0.1, 0.15) is 27.7 Å². The van der Waals surface area contributed by atoms with Gasteiger partial charge in [0.15, 0.2) is 0 Å². The van der Waals surface area contributed by atoms with Gasteiger partial charge in [0.1, 0.15) is 11.5 Å². The SMILES string of the molecule is CC(=O)C(C)(C)/C(C)=N/Nc1ccc([N+](=O)[O-])cc1[N+](=O)[O-]. The summed E-state index contributed by atoms with van der Waals surface area (Å²) in [5.41, 5.74) is 1.27. The van der Waals surface area contributed by atoms with E-state index in [0.717, 1.165) is 12.1 Å². The molecule has 0 aliphatic carbocycles. The number of hydrogen-bond donors (Lipinski definition) is 1. The average Bonchev–Trinajstić information content (AvgIpc) is 2.43. The standard InChI is InChI=1S/C13H16N4O5/c1-8(13(3,4)9(2)18)14-15-11-6-5-10(16(19)20)7-12(11)17(21)22/h5-7,15H,1-4H3/b14-8+. The van der Waals surface area contributed by atoms with E-state index in [2.05, 4.69) is 10.5 Å². The van der Waals surface area contributed by atoms with Crippen molar-refractivity contribution in [2.75, 3.05) is 5.43 Å². The van der Waals surface area contributed by atoms with Crippen molar-refractivity contribution < 1.29 is 14.6 Å². The smallest absolute Gasteiger partial charge is 0.299 e. The van der Waals surface area contributed by atoms with Gasteiger partial charge in [-0.15, -0.1) is 0 Å². The molecule has 118 valence electrons. The van der Waals surface area contributed by atoms with Crippen LogP contribution in [0.25, 0.3) is 0 Å². The van der Waals surface area contributed by atoms with Crippen molar-refractivity contribution in [3.05, 3.63) is 38.4 Å². The Kier molecular flexibility index (Phi) is 4.92. The predicted octanol–water partition coefficient (Wildman–Crippen LogP) is 2.91. The number of ketones is 1. The highest BCUT2D eigenvalue weighted by Crippen LogP contribution is 2.29. The molecule has 1 aromatic carbocycles. The Morgan fingerprint density at radius 2 is 1.77 bits per heavy atom. The van der Waals surface area contributed by atoms with E-state index in [1.807, 2.05) is 0 Å². The van der Waals surface area contributed by atoms with E-state index in [-0.39, 0.29) is 17.2 Å². The molecule has 0 aliphatic rings. The summed E-state index contributed by atoms with van der Waals surface area (Å²) >= 11 is 0. The van der Waals surface area contributed by atoms with Gasteiger partial charge in [-0.05, 0) is 33.8 Å². The van der Waals surface area contributed by atoms with Crippen LogP contribution < -0.4 is 5.43 Å². The number of carbonyl (C=O) groups is 1. The van der Waals surface area contributed by atoms with Gasteiger partial charge in [0, 0.05) is 11.8 Å². The molecule has 22 heavy (non-hydrogen) atoms. The molecule has 0 bridgehead atoms. The van der Waals surface area contributed by atoms with Crippen LogP contribution in [0, 0.1) is 25.6 Å². The van der Waals surface area contributed by atoms with Gasteiger partial charge in [-0.1, -0.05) is 0 Å². The Morgan fingerprint density at radius 3 is 2.23 bits per heavy atom. The summed E-state index contributed by atoms with van der Waals surface area (Å²) in [4.78, 5) is 31.7. The van der Waals surface area contributed by atoms with E-state index >= 15 is 0 Å². The van der Waals surface area contributed by atoms with Crippen molar-refractivity contribution in [2.45, 2.75) is 27.7 Å². The number of nitro benzene ring substituents is 2. The van der Waals surface area contributed by atoms with E-state index < -0.39 is 20.9 Å². The molecule has 0 unspecified atom stereocenters. The number of non-ortho nitro benzene ring substituents is 1. The zero-order valence-electron chi connectivity index (χ0n) is 12.6. The van der Waals surface area contributed by atoms with Gasteiger partial charge >= 0.3 is 5.69 Å². The molecular formula is C13H16N4O5. The molecule has 1 aromatic rings. The summed E-state index contributed by atoms with van der Waals surface area (Å²) in [6, 6.07) is 3.19. The van der Waals surface area contributed by atoms with Crippen LogP contribution in [-0.4, -0.2) is 21.3 Å². The lowest BCUT2D eigenvalue weighted by atomic mass is 9.84. The normalized spacial score (nSPS) is 11.9. The Balaban J connectivity index is 3.16. The number of Topliss-reactive ketones (excluding diaryl/α,β-unsaturated/α-hetero) is 1. The molecule has 0 aliphatic heterocycles. The van der Waals surface area contributed by atoms with Gasteiger partial charge in [-0.2, -0.15) is 5.10 Å². The topological polar surface area (TPSA) is 128 Å². The average molecular weight is 308 g/mol. The Hall–Kier alpha value is -2.84. The zero-order chi connectivity index (χ0) is 17.1. The third kappa shape index (κ3) is 3.62. The number of nitrogens with zero attached hydrogens (tertiary/aromatic N) is 3. The van der Waals surface area contributed by atoms with Crippen molar-refractivity contribution in [1.82, 2.24) is 0 Å². The number of rotatable bonds is 6. The van der Waals surface area contributed by atoms with Gasteiger partial charge in [-0.3, -0.25) is 30.4 Å². The number of anilines is 1. The summed E-state index contributed by atoms with van der Waals surface area (Å²) in [5, 5.41) is 25.6. The Labute approximate surface area is 126 Å². The van der Waals surface area contributed by atoms with Crippen molar-refractivity contribution in [3.63, 3.8) is 0 Å². The summed E-state index contributed by atoms with van der Waals surface area (Å²) in [6.45, 7) is 6.40. The van der Waals surface area contributed by atoms with Crippen molar-refractivity contribution in [2.24, 2.45) is 10.5 Å². The van der Waals surface area contributed by atoms with E-state index in [4.69, 9.17) is 0 Å². The summed E-state index contributed by atoms with van der Waals surface area (Å²) in [7, 11) is 0. The van der Waals surface area contributed by atoms with Crippen LogP contribution in [-0.2, 0) is 4.79 Å². The summed E-state index contributed by atoms with van der Waals surface area (Å²) < 4.78 is 0. The number of nitro groups is 2.